The molecular formula is C10H19NO. The van der Waals surface area contributed by atoms with Crippen molar-refractivity contribution in [3.05, 3.63) is 0 Å². The van der Waals surface area contributed by atoms with Crippen LogP contribution >= 0.6 is 0 Å². The van der Waals surface area contributed by atoms with Crippen LogP contribution in [0.2, 0.25) is 0 Å². The van der Waals surface area contributed by atoms with Gasteiger partial charge >= 0.3 is 0 Å². The lowest BCUT2D eigenvalue weighted by Crippen LogP contribution is -2.44. The number of hydrogen-bond donors (Lipinski definition) is 0. The molecule has 2 heterocycles. The lowest BCUT2D eigenvalue weighted by Gasteiger charge is -2.41. The van der Waals surface area contributed by atoms with Crippen LogP contribution in [0.15, 0.2) is 0 Å². The molecule has 12 heavy (non-hydrogen) atoms. The van der Waals surface area contributed by atoms with E-state index >= 15 is 0 Å². The van der Waals surface area contributed by atoms with E-state index in [4.69, 9.17) is 4.74 Å². The molecule has 0 aromatic heterocycles. The van der Waals surface area contributed by atoms with Gasteiger partial charge in [0.15, 0.2) is 0 Å². The number of piperidine rings is 1. The molecule has 2 atom stereocenters. The molecule has 2 nitrogen and oxygen atoms in total. The molecule has 70 valence electrons. The van der Waals surface area contributed by atoms with Crippen molar-refractivity contribution < 1.29 is 4.74 Å². The van der Waals surface area contributed by atoms with Gasteiger partial charge in [0, 0.05) is 12.0 Å². The van der Waals surface area contributed by atoms with E-state index in [1.54, 1.807) is 0 Å². The van der Waals surface area contributed by atoms with Gasteiger partial charge in [-0.05, 0) is 39.3 Å². The van der Waals surface area contributed by atoms with Crippen molar-refractivity contribution in [2.75, 3.05) is 26.8 Å². The van der Waals surface area contributed by atoms with Gasteiger partial charge in [-0.3, -0.25) is 0 Å². The number of rotatable bonds is 1. The third kappa shape index (κ3) is 1.50. The summed E-state index contributed by atoms with van der Waals surface area (Å²) in [6.07, 6.45) is 2.76. The first kappa shape index (κ1) is 8.52. The fourth-order valence-corrected chi connectivity index (χ4v) is 2.28. The Balaban J connectivity index is 1.84. The summed E-state index contributed by atoms with van der Waals surface area (Å²) in [5.74, 6) is 1.84. The SMILES string of the molecule is C[C@@H]1C[C@@H](C2COC2)CCN1C. The molecule has 0 amide bonds. The van der Waals surface area contributed by atoms with Gasteiger partial charge in [-0.1, -0.05) is 0 Å². The molecule has 0 aromatic carbocycles. The van der Waals surface area contributed by atoms with E-state index in [1.165, 1.54) is 19.4 Å². The summed E-state index contributed by atoms with van der Waals surface area (Å²) in [6, 6.07) is 0.782. The van der Waals surface area contributed by atoms with Crippen LogP contribution < -0.4 is 0 Å². The first-order valence-corrected chi connectivity index (χ1v) is 5.05. The maximum absolute atomic E-state index is 5.24. The van der Waals surface area contributed by atoms with Crippen molar-refractivity contribution >= 4 is 0 Å². The molecule has 0 unspecified atom stereocenters. The molecular weight excluding hydrogens is 150 g/mol. The van der Waals surface area contributed by atoms with Gasteiger partial charge in [0.25, 0.3) is 0 Å². The standard InChI is InChI=1S/C10H19NO/c1-8-5-9(3-4-11(8)2)10-6-12-7-10/h8-10H,3-7H2,1-2H3/t8-,9+/m1/s1. The molecule has 2 saturated heterocycles. The Morgan fingerprint density at radius 3 is 2.50 bits per heavy atom. The molecule has 0 bridgehead atoms. The van der Waals surface area contributed by atoms with Gasteiger partial charge in [-0.25, -0.2) is 0 Å². The zero-order valence-electron chi connectivity index (χ0n) is 8.12. The monoisotopic (exact) mass is 169 g/mol. The molecule has 0 saturated carbocycles. The summed E-state index contributed by atoms with van der Waals surface area (Å²) in [6.45, 7) is 5.68. The molecule has 0 radical (unpaired) electrons. The average Bonchev–Trinajstić information content (AvgIpc) is 1.93. The Labute approximate surface area is 74.9 Å². The molecule has 0 N–H and O–H groups in total. The van der Waals surface area contributed by atoms with Gasteiger partial charge < -0.3 is 9.64 Å². The second-order valence-electron chi connectivity index (χ2n) is 4.41. The predicted molar refractivity (Wildman–Crippen MR) is 49.1 cm³/mol. The Bertz CT molecular complexity index is 156. The first-order valence-electron chi connectivity index (χ1n) is 5.05. The van der Waals surface area contributed by atoms with Crippen molar-refractivity contribution in [3.8, 4) is 0 Å². The van der Waals surface area contributed by atoms with Crippen molar-refractivity contribution in [2.45, 2.75) is 25.8 Å². The van der Waals surface area contributed by atoms with E-state index < -0.39 is 0 Å². The molecule has 0 aliphatic carbocycles. The number of likely N-dealkylation sites (tertiary alicyclic amines) is 1. The van der Waals surface area contributed by atoms with Crippen LogP contribution in [-0.4, -0.2) is 37.7 Å². The summed E-state index contributed by atoms with van der Waals surface area (Å²) >= 11 is 0. The summed E-state index contributed by atoms with van der Waals surface area (Å²) in [5.41, 5.74) is 0. The molecule has 2 aliphatic rings. The van der Waals surface area contributed by atoms with Crippen LogP contribution in [0.3, 0.4) is 0 Å². The molecule has 0 spiro atoms. The molecule has 2 aliphatic heterocycles. The summed E-state index contributed by atoms with van der Waals surface area (Å²) < 4.78 is 5.24. The minimum Gasteiger partial charge on any atom is -0.381 e. The molecule has 2 fully saturated rings. The van der Waals surface area contributed by atoms with Gasteiger partial charge in [0.05, 0.1) is 13.2 Å². The van der Waals surface area contributed by atoms with E-state index in [2.05, 4.69) is 18.9 Å². The summed E-state index contributed by atoms with van der Waals surface area (Å²) in [5, 5.41) is 0. The molecule has 0 aromatic rings. The van der Waals surface area contributed by atoms with Crippen LogP contribution in [-0.2, 0) is 4.74 Å². The molecule has 2 rings (SSSR count). The van der Waals surface area contributed by atoms with Gasteiger partial charge in [0.2, 0.25) is 0 Å². The highest BCUT2D eigenvalue weighted by atomic mass is 16.5. The summed E-state index contributed by atoms with van der Waals surface area (Å²) in [7, 11) is 2.23. The predicted octanol–water partition coefficient (Wildman–Crippen LogP) is 1.36. The second kappa shape index (κ2) is 3.35. The van der Waals surface area contributed by atoms with Crippen molar-refractivity contribution in [2.24, 2.45) is 11.8 Å². The lowest BCUT2D eigenvalue weighted by atomic mass is 9.81. The van der Waals surface area contributed by atoms with Crippen LogP contribution in [0.25, 0.3) is 0 Å². The van der Waals surface area contributed by atoms with E-state index in [1.807, 2.05) is 0 Å². The third-order valence-corrected chi connectivity index (χ3v) is 3.58. The smallest absolute Gasteiger partial charge is 0.0519 e. The van der Waals surface area contributed by atoms with Crippen LogP contribution in [0.1, 0.15) is 19.8 Å². The summed E-state index contributed by atoms with van der Waals surface area (Å²) in [4.78, 5) is 2.47. The van der Waals surface area contributed by atoms with E-state index in [0.29, 0.717) is 0 Å². The maximum Gasteiger partial charge on any atom is 0.0519 e. The van der Waals surface area contributed by atoms with E-state index in [0.717, 1.165) is 31.1 Å². The number of ether oxygens (including phenoxy) is 1. The Hall–Kier alpha value is -0.0800. The Kier molecular flexibility index (Phi) is 2.37. The third-order valence-electron chi connectivity index (χ3n) is 3.58. The van der Waals surface area contributed by atoms with Crippen molar-refractivity contribution in [1.29, 1.82) is 0 Å². The normalized spacial score (nSPS) is 39.5. The van der Waals surface area contributed by atoms with Gasteiger partial charge in [0.1, 0.15) is 0 Å². The Morgan fingerprint density at radius 2 is 2.00 bits per heavy atom. The maximum atomic E-state index is 5.24. The molecule has 2 heteroatoms. The zero-order valence-corrected chi connectivity index (χ0v) is 8.12. The highest BCUT2D eigenvalue weighted by Crippen LogP contribution is 2.31. The quantitative estimate of drug-likeness (QED) is 0.587. The van der Waals surface area contributed by atoms with Gasteiger partial charge in [-0.2, -0.15) is 0 Å². The van der Waals surface area contributed by atoms with Crippen LogP contribution in [0, 0.1) is 11.8 Å². The minimum atomic E-state index is 0.782. The number of hydrogen-bond acceptors (Lipinski definition) is 2. The lowest BCUT2D eigenvalue weighted by molar-refractivity contribution is -0.0760. The van der Waals surface area contributed by atoms with Crippen molar-refractivity contribution in [1.82, 2.24) is 4.90 Å². The minimum absolute atomic E-state index is 0.782. The van der Waals surface area contributed by atoms with Gasteiger partial charge in [-0.15, -0.1) is 0 Å². The largest absolute Gasteiger partial charge is 0.381 e. The van der Waals surface area contributed by atoms with E-state index in [9.17, 15) is 0 Å². The topological polar surface area (TPSA) is 12.5 Å². The Morgan fingerprint density at radius 1 is 1.25 bits per heavy atom. The average molecular weight is 169 g/mol. The fraction of sp³-hybridized carbons (Fsp3) is 1.00. The first-order chi connectivity index (χ1) is 5.77. The second-order valence-corrected chi connectivity index (χ2v) is 4.41. The highest BCUT2D eigenvalue weighted by Gasteiger charge is 2.32. The fourth-order valence-electron chi connectivity index (χ4n) is 2.28. The van der Waals surface area contributed by atoms with E-state index in [-0.39, 0.29) is 0 Å². The number of nitrogens with zero attached hydrogens (tertiary/aromatic N) is 1. The van der Waals surface area contributed by atoms with Crippen LogP contribution in [0.5, 0.6) is 0 Å². The van der Waals surface area contributed by atoms with Crippen LogP contribution in [0.4, 0.5) is 0 Å². The zero-order chi connectivity index (χ0) is 8.55. The highest BCUT2D eigenvalue weighted by molar-refractivity contribution is 4.83. The van der Waals surface area contributed by atoms with Crippen molar-refractivity contribution in [3.63, 3.8) is 0 Å².